The highest BCUT2D eigenvalue weighted by Gasteiger charge is 2.34. The first-order valence-corrected chi connectivity index (χ1v) is 10.1. The van der Waals surface area contributed by atoms with Crippen LogP contribution in [0.5, 0.6) is 0 Å². The van der Waals surface area contributed by atoms with Crippen molar-refractivity contribution in [3.05, 3.63) is 83.1 Å². The molecule has 4 heteroatoms. The van der Waals surface area contributed by atoms with Crippen molar-refractivity contribution in [3.63, 3.8) is 0 Å². The first kappa shape index (κ1) is 17.8. The van der Waals surface area contributed by atoms with Crippen LogP contribution in [0, 0.1) is 6.92 Å². The minimum absolute atomic E-state index is 0.233. The third-order valence-corrected chi connectivity index (χ3v) is 5.93. The van der Waals surface area contributed by atoms with Gasteiger partial charge in [-0.15, -0.1) is 0 Å². The second kappa shape index (κ2) is 6.66. The van der Waals surface area contributed by atoms with E-state index in [0.717, 1.165) is 22.5 Å². The van der Waals surface area contributed by atoms with E-state index in [9.17, 15) is 0 Å². The van der Waals surface area contributed by atoms with Crippen molar-refractivity contribution in [2.24, 2.45) is 7.05 Å². The zero-order valence-corrected chi connectivity index (χ0v) is 17.3. The first-order chi connectivity index (χ1) is 14.0. The van der Waals surface area contributed by atoms with E-state index in [-0.39, 0.29) is 6.85 Å². The lowest BCUT2D eigenvalue weighted by Crippen LogP contribution is -2.50. The van der Waals surface area contributed by atoms with E-state index in [1.54, 1.807) is 0 Å². The number of pyridine rings is 1. The van der Waals surface area contributed by atoms with Crippen molar-refractivity contribution >= 4 is 35.3 Å². The Morgan fingerprint density at radius 3 is 2.48 bits per heavy atom. The van der Waals surface area contributed by atoms with E-state index in [4.69, 9.17) is 4.42 Å². The molecule has 0 spiro atoms. The molecule has 142 valence electrons. The molecule has 0 bridgehead atoms. The van der Waals surface area contributed by atoms with E-state index in [2.05, 4.69) is 97.8 Å². The number of benzene rings is 2. The monoisotopic (exact) mass is 379 g/mol. The zero-order valence-electron chi connectivity index (χ0n) is 17.3. The summed E-state index contributed by atoms with van der Waals surface area (Å²) in [7, 11) is 2.12. The number of aromatic nitrogens is 1. The van der Waals surface area contributed by atoms with Crippen LogP contribution in [0.3, 0.4) is 0 Å². The molecule has 0 atom stereocenters. The average Bonchev–Trinajstić information content (AvgIpc) is 3.10. The molecular formula is C25H24BN2O+. The predicted molar refractivity (Wildman–Crippen MR) is 121 cm³/mol. The highest BCUT2D eigenvalue weighted by Crippen LogP contribution is 2.27. The van der Waals surface area contributed by atoms with E-state index in [1.807, 2.05) is 12.1 Å². The summed E-state index contributed by atoms with van der Waals surface area (Å²) in [6.07, 6.45) is 2.23. The van der Waals surface area contributed by atoms with Gasteiger partial charge in [0.2, 0.25) is 0 Å². The van der Waals surface area contributed by atoms with Gasteiger partial charge in [-0.1, -0.05) is 54.5 Å². The van der Waals surface area contributed by atoms with E-state index in [1.165, 1.54) is 27.3 Å². The summed E-state index contributed by atoms with van der Waals surface area (Å²) >= 11 is 0. The van der Waals surface area contributed by atoms with Crippen LogP contribution >= 0.6 is 0 Å². The maximum Gasteiger partial charge on any atom is 0.402 e. The molecule has 0 amide bonds. The average molecular weight is 379 g/mol. The Balaban J connectivity index is 1.69. The fraction of sp³-hybridized carbons (Fsp3) is 0.160. The van der Waals surface area contributed by atoms with Gasteiger partial charge >= 0.3 is 6.85 Å². The van der Waals surface area contributed by atoms with Gasteiger partial charge in [0, 0.05) is 22.2 Å². The minimum Gasteiger partial charge on any atom is -0.452 e. The van der Waals surface area contributed by atoms with Crippen LogP contribution < -0.4 is 20.0 Å². The lowest BCUT2D eigenvalue weighted by molar-refractivity contribution is -0.657. The zero-order chi connectivity index (χ0) is 20.1. The van der Waals surface area contributed by atoms with Crippen LogP contribution in [0.15, 0.2) is 71.3 Å². The van der Waals surface area contributed by atoms with Gasteiger partial charge in [0.25, 0.3) is 5.82 Å². The molecule has 5 rings (SSSR count). The first-order valence-electron chi connectivity index (χ1n) is 10.1. The molecule has 3 nitrogen and oxygen atoms in total. The van der Waals surface area contributed by atoms with Gasteiger partial charge in [-0.3, -0.25) is 4.81 Å². The number of aryl methyl sites for hydroxylation is 2. The molecule has 1 aliphatic rings. The van der Waals surface area contributed by atoms with Gasteiger partial charge in [0.15, 0.2) is 5.42 Å². The summed E-state index contributed by atoms with van der Waals surface area (Å²) < 4.78 is 8.47. The Morgan fingerprint density at radius 2 is 1.69 bits per heavy atom. The molecule has 0 fully saturated rings. The summed E-state index contributed by atoms with van der Waals surface area (Å²) in [6.45, 7) is 6.82. The van der Waals surface area contributed by atoms with Crippen LogP contribution in [-0.2, 0) is 7.05 Å². The van der Waals surface area contributed by atoms with Crippen LogP contribution in [0.2, 0.25) is 6.82 Å². The van der Waals surface area contributed by atoms with Crippen molar-refractivity contribution < 1.29 is 8.98 Å². The lowest BCUT2D eigenvalue weighted by atomic mass is 9.60. The Hall–Kier alpha value is -3.27. The molecule has 0 aliphatic carbocycles. The summed E-state index contributed by atoms with van der Waals surface area (Å²) in [6, 6.07) is 21.1. The second-order valence-corrected chi connectivity index (χ2v) is 7.91. The number of para-hydroxylation sites is 1. The van der Waals surface area contributed by atoms with E-state index in [0.29, 0.717) is 0 Å². The molecule has 0 radical (unpaired) electrons. The number of hydrogen-bond donors (Lipinski definition) is 0. The van der Waals surface area contributed by atoms with Crippen molar-refractivity contribution in [3.8, 4) is 11.1 Å². The van der Waals surface area contributed by atoms with Crippen LogP contribution in [-0.4, -0.2) is 6.85 Å². The molecule has 2 aromatic heterocycles. The topological polar surface area (TPSA) is 20.3 Å². The van der Waals surface area contributed by atoms with Gasteiger partial charge < -0.3 is 4.42 Å². The molecule has 4 aromatic rings. The maximum atomic E-state index is 6.25. The van der Waals surface area contributed by atoms with Crippen molar-refractivity contribution in [1.29, 1.82) is 0 Å². The largest absolute Gasteiger partial charge is 0.452 e. The molecule has 0 unspecified atom stereocenters. The molecule has 0 saturated carbocycles. The van der Waals surface area contributed by atoms with Gasteiger partial charge in [-0.2, -0.15) is 0 Å². The normalized spacial score (nSPS) is 13.6. The van der Waals surface area contributed by atoms with E-state index < -0.39 is 0 Å². The number of rotatable bonds is 2. The Bertz CT molecular complexity index is 1360. The smallest absolute Gasteiger partial charge is 0.402 e. The summed E-state index contributed by atoms with van der Waals surface area (Å²) in [5.41, 5.74) is 6.82. The fourth-order valence-electron chi connectivity index (χ4n) is 4.50. The Labute approximate surface area is 171 Å². The lowest BCUT2D eigenvalue weighted by Gasteiger charge is -2.24. The van der Waals surface area contributed by atoms with Gasteiger partial charge in [0.05, 0.1) is 13.2 Å². The van der Waals surface area contributed by atoms with Crippen LogP contribution in [0.1, 0.15) is 12.5 Å². The standard InChI is InChI=1S/C25H24BN2O/c1-17-14-24(27(4)16-22(17)19-10-6-5-7-11-19)28-18(2)25-21(15-26(28)3)20-12-8-9-13-23(20)29-25/h5-16H,1-4H3/q+1. The number of anilines is 1. The SMILES string of the molecule is CB1C=c2c(oc3ccccc23)=C(C)N1c1cc(C)c(-c2ccccc2)c[n+]1C. The molecule has 3 heterocycles. The van der Waals surface area contributed by atoms with Crippen LogP contribution in [0.4, 0.5) is 5.82 Å². The summed E-state index contributed by atoms with van der Waals surface area (Å²) in [4.78, 5) is 2.37. The number of hydrogen-bond acceptors (Lipinski definition) is 2. The van der Waals surface area contributed by atoms with Crippen molar-refractivity contribution in [1.82, 2.24) is 0 Å². The molecule has 29 heavy (non-hydrogen) atoms. The van der Waals surface area contributed by atoms with Gasteiger partial charge in [-0.05, 0) is 37.9 Å². The second-order valence-electron chi connectivity index (χ2n) is 7.91. The number of furan rings is 1. The predicted octanol–water partition coefficient (Wildman–Crippen LogP) is 3.82. The van der Waals surface area contributed by atoms with Crippen molar-refractivity contribution in [2.45, 2.75) is 20.7 Å². The highest BCUT2D eigenvalue weighted by molar-refractivity contribution is 6.77. The molecular weight excluding hydrogens is 355 g/mol. The molecule has 0 saturated heterocycles. The highest BCUT2D eigenvalue weighted by atomic mass is 16.3. The molecule has 2 aromatic carbocycles. The minimum atomic E-state index is 0.233. The quantitative estimate of drug-likeness (QED) is 0.390. The maximum absolute atomic E-state index is 6.25. The van der Waals surface area contributed by atoms with Crippen molar-refractivity contribution in [2.75, 3.05) is 4.81 Å². The van der Waals surface area contributed by atoms with Crippen LogP contribution in [0.25, 0.3) is 33.8 Å². The number of fused-ring (bicyclic) bond motifs is 3. The number of nitrogens with zero attached hydrogens (tertiary/aromatic N) is 2. The van der Waals surface area contributed by atoms with Gasteiger partial charge in [-0.25, -0.2) is 4.57 Å². The summed E-state index contributed by atoms with van der Waals surface area (Å²) in [5, 5.41) is 2.40. The molecule has 1 aliphatic heterocycles. The van der Waals surface area contributed by atoms with Gasteiger partial charge in [0.1, 0.15) is 11.3 Å². The fourth-order valence-corrected chi connectivity index (χ4v) is 4.50. The summed E-state index contributed by atoms with van der Waals surface area (Å²) in [5.74, 6) is 3.48. The molecule has 0 N–H and O–H groups in total. The Morgan fingerprint density at radius 1 is 0.966 bits per heavy atom. The third kappa shape index (κ3) is 2.79. The van der Waals surface area contributed by atoms with E-state index >= 15 is 0 Å². The third-order valence-electron chi connectivity index (χ3n) is 5.93. The Kier molecular flexibility index (Phi) is 4.09.